The normalized spacial score (nSPS) is 11.7. The van der Waals surface area contributed by atoms with Gasteiger partial charge in [0, 0.05) is 12.2 Å². The number of nitrogens with two attached hydrogens (primary N) is 1. The summed E-state index contributed by atoms with van der Waals surface area (Å²) in [5.74, 6) is -6.75. The van der Waals surface area contributed by atoms with Crippen molar-refractivity contribution in [3.63, 3.8) is 0 Å². The molecule has 0 atom stereocenters. The maximum absolute atomic E-state index is 12.8. The van der Waals surface area contributed by atoms with Crippen LogP contribution in [0.3, 0.4) is 0 Å². The summed E-state index contributed by atoms with van der Waals surface area (Å²) in [7, 11) is 0. The van der Waals surface area contributed by atoms with E-state index >= 15 is 0 Å². The molecule has 0 spiro atoms. The zero-order valence-corrected chi connectivity index (χ0v) is 9.51. The van der Waals surface area contributed by atoms with Gasteiger partial charge >= 0.3 is 18.3 Å². The average molecular weight is 264 g/mol. The Morgan fingerprint density at radius 1 is 1.44 bits per heavy atom. The molecular formula is C11H12F4N2O. The Labute approximate surface area is 101 Å². The highest BCUT2D eigenvalue weighted by atomic mass is 19.3. The van der Waals surface area contributed by atoms with Crippen molar-refractivity contribution in [1.29, 1.82) is 0 Å². The van der Waals surface area contributed by atoms with Gasteiger partial charge in [-0.1, -0.05) is 12.1 Å². The molecule has 0 aromatic heterocycles. The molecule has 3 N–H and O–H groups in total. The van der Waals surface area contributed by atoms with E-state index in [1.807, 2.05) is 0 Å². The Morgan fingerprint density at radius 3 is 2.56 bits per heavy atom. The Bertz CT molecular complexity index is 449. The van der Waals surface area contributed by atoms with Crippen molar-refractivity contribution in [1.82, 2.24) is 0 Å². The Hall–Kier alpha value is -1.63. The van der Waals surface area contributed by atoms with Gasteiger partial charge in [0.15, 0.2) is 0 Å². The topological polar surface area (TPSA) is 55.1 Å². The van der Waals surface area contributed by atoms with Crippen molar-refractivity contribution in [2.75, 3.05) is 5.32 Å². The van der Waals surface area contributed by atoms with Gasteiger partial charge in [-0.25, -0.2) is 8.78 Å². The molecule has 0 saturated carbocycles. The first-order valence-corrected chi connectivity index (χ1v) is 5.06. The molecule has 1 aromatic carbocycles. The number of rotatable bonds is 4. The molecule has 0 heterocycles. The van der Waals surface area contributed by atoms with Crippen LogP contribution in [0.5, 0.6) is 0 Å². The Balaban J connectivity index is 2.94. The number of carbonyl (C=O) groups is 1. The van der Waals surface area contributed by atoms with Crippen LogP contribution in [-0.2, 0) is 11.3 Å². The van der Waals surface area contributed by atoms with E-state index < -0.39 is 18.3 Å². The van der Waals surface area contributed by atoms with Gasteiger partial charge in [0.05, 0.1) is 0 Å². The summed E-state index contributed by atoms with van der Waals surface area (Å²) in [6.07, 6.45) is -4.05. The van der Waals surface area contributed by atoms with Crippen molar-refractivity contribution < 1.29 is 22.4 Å². The Morgan fingerprint density at radius 2 is 2.06 bits per heavy atom. The molecule has 3 nitrogen and oxygen atoms in total. The number of benzene rings is 1. The lowest BCUT2D eigenvalue weighted by Crippen LogP contribution is -2.41. The van der Waals surface area contributed by atoms with Gasteiger partial charge in [0.2, 0.25) is 0 Å². The van der Waals surface area contributed by atoms with Crippen LogP contribution in [-0.4, -0.2) is 18.3 Å². The van der Waals surface area contributed by atoms with Crippen LogP contribution >= 0.6 is 0 Å². The minimum atomic E-state index is -4.72. The summed E-state index contributed by atoms with van der Waals surface area (Å²) >= 11 is 0. The molecule has 1 amide bonds. The van der Waals surface area contributed by atoms with Gasteiger partial charge in [-0.15, -0.1) is 0 Å². The SMILES string of the molecule is Cc1ccc(CN)cc1NC(=O)C(F)(F)C(F)F. The zero-order chi connectivity index (χ0) is 13.9. The molecule has 0 aliphatic carbocycles. The monoisotopic (exact) mass is 264 g/mol. The molecule has 7 heteroatoms. The van der Waals surface area contributed by atoms with Gasteiger partial charge in [0.1, 0.15) is 0 Å². The molecular weight excluding hydrogens is 252 g/mol. The summed E-state index contributed by atoms with van der Waals surface area (Å²) in [5, 5.41) is 1.78. The summed E-state index contributed by atoms with van der Waals surface area (Å²) in [6, 6.07) is 4.57. The zero-order valence-electron chi connectivity index (χ0n) is 9.51. The maximum Gasteiger partial charge on any atom is 0.383 e. The number of aryl methyl sites for hydroxylation is 1. The number of amides is 1. The van der Waals surface area contributed by atoms with Gasteiger partial charge in [-0.2, -0.15) is 8.78 Å². The highest BCUT2D eigenvalue weighted by Gasteiger charge is 2.49. The van der Waals surface area contributed by atoms with E-state index in [9.17, 15) is 22.4 Å². The molecule has 0 fully saturated rings. The van der Waals surface area contributed by atoms with Crippen molar-refractivity contribution in [3.05, 3.63) is 29.3 Å². The van der Waals surface area contributed by atoms with E-state index in [0.717, 1.165) is 0 Å². The van der Waals surface area contributed by atoms with Crippen LogP contribution in [0.4, 0.5) is 23.2 Å². The maximum atomic E-state index is 12.8. The van der Waals surface area contributed by atoms with Crippen LogP contribution in [0.25, 0.3) is 0 Å². The van der Waals surface area contributed by atoms with Crippen molar-refractivity contribution in [2.24, 2.45) is 5.73 Å². The van der Waals surface area contributed by atoms with Gasteiger partial charge in [-0.05, 0) is 24.1 Å². The van der Waals surface area contributed by atoms with Crippen LogP contribution in [0.15, 0.2) is 18.2 Å². The quantitative estimate of drug-likeness (QED) is 0.820. The summed E-state index contributed by atoms with van der Waals surface area (Å²) in [6.45, 7) is 1.70. The fraction of sp³-hybridized carbons (Fsp3) is 0.364. The predicted molar refractivity (Wildman–Crippen MR) is 58.7 cm³/mol. The number of nitrogens with one attached hydrogen (secondary N) is 1. The lowest BCUT2D eigenvalue weighted by Gasteiger charge is -2.16. The lowest BCUT2D eigenvalue weighted by atomic mass is 10.1. The van der Waals surface area contributed by atoms with Crippen LogP contribution < -0.4 is 11.1 Å². The molecule has 0 aliphatic heterocycles. The van der Waals surface area contributed by atoms with E-state index in [1.165, 1.54) is 6.07 Å². The summed E-state index contributed by atoms with van der Waals surface area (Å²) < 4.78 is 49.5. The molecule has 0 bridgehead atoms. The third-order valence-corrected chi connectivity index (χ3v) is 2.36. The molecule has 1 aromatic rings. The number of anilines is 1. The van der Waals surface area contributed by atoms with Crippen molar-refractivity contribution >= 4 is 11.6 Å². The largest absolute Gasteiger partial charge is 0.383 e. The van der Waals surface area contributed by atoms with E-state index in [4.69, 9.17) is 5.73 Å². The minimum Gasteiger partial charge on any atom is -0.326 e. The molecule has 1 rings (SSSR count). The first-order valence-electron chi connectivity index (χ1n) is 5.06. The number of carbonyl (C=O) groups excluding carboxylic acids is 1. The third-order valence-electron chi connectivity index (χ3n) is 2.36. The van der Waals surface area contributed by atoms with Crippen LogP contribution in [0, 0.1) is 6.92 Å². The van der Waals surface area contributed by atoms with E-state index in [1.54, 1.807) is 24.4 Å². The van der Waals surface area contributed by atoms with Gasteiger partial charge in [0.25, 0.3) is 0 Å². The third kappa shape index (κ3) is 2.98. The molecule has 100 valence electrons. The average Bonchev–Trinajstić information content (AvgIpc) is 2.31. The minimum absolute atomic E-state index is 0.0447. The first-order chi connectivity index (χ1) is 8.28. The molecule has 18 heavy (non-hydrogen) atoms. The smallest absolute Gasteiger partial charge is 0.326 e. The first kappa shape index (κ1) is 14.4. The second-order valence-corrected chi connectivity index (χ2v) is 3.73. The number of hydrogen-bond donors (Lipinski definition) is 2. The highest BCUT2D eigenvalue weighted by molar-refractivity contribution is 5.97. The lowest BCUT2D eigenvalue weighted by molar-refractivity contribution is -0.163. The number of alkyl halides is 4. The number of hydrogen-bond acceptors (Lipinski definition) is 2. The highest BCUT2D eigenvalue weighted by Crippen LogP contribution is 2.26. The second-order valence-electron chi connectivity index (χ2n) is 3.73. The van der Waals surface area contributed by atoms with E-state index in [-0.39, 0.29) is 12.2 Å². The molecule has 0 unspecified atom stereocenters. The summed E-state index contributed by atoms with van der Waals surface area (Å²) in [4.78, 5) is 11.1. The predicted octanol–water partition coefficient (Wildman–Crippen LogP) is 2.29. The molecule has 0 radical (unpaired) electrons. The van der Waals surface area contributed by atoms with Gasteiger partial charge in [-0.3, -0.25) is 4.79 Å². The van der Waals surface area contributed by atoms with E-state index in [2.05, 4.69) is 0 Å². The van der Waals surface area contributed by atoms with Crippen LogP contribution in [0.2, 0.25) is 0 Å². The van der Waals surface area contributed by atoms with Crippen molar-refractivity contribution in [2.45, 2.75) is 25.8 Å². The summed E-state index contributed by atoms with van der Waals surface area (Å²) in [5.41, 5.74) is 6.47. The van der Waals surface area contributed by atoms with Crippen molar-refractivity contribution in [3.8, 4) is 0 Å². The van der Waals surface area contributed by atoms with Gasteiger partial charge < -0.3 is 11.1 Å². The van der Waals surface area contributed by atoms with Crippen LogP contribution in [0.1, 0.15) is 11.1 Å². The standard InChI is InChI=1S/C11H12F4N2O/c1-6-2-3-7(5-16)4-8(6)17-10(18)11(14,15)9(12)13/h2-4,9H,5,16H2,1H3,(H,17,18). The fourth-order valence-corrected chi connectivity index (χ4v) is 1.24. The fourth-order valence-electron chi connectivity index (χ4n) is 1.24. The van der Waals surface area contributed by atoms with E-state index in [0.29, 0.717) is 11.1 Å². The molecule has 0 saturated heterocycles. The number of halogens is 4. The second kappa shape index (κ2) is 5.34. The molecule has 0 aliphatic rings. The Kier molecular flexibility index (Phi) is 4.28.